The van der Waals surface area contributed by atoms with Gasteiger partial charge in [0.15, 0.2) is 0 Å². The van der Waals surface area contributed by atoms with E-state index in [9.17, 15) is 15.0 Å². The number of allylic oxidation sites excluding steroid dienone is 9. The van der Waals surface area contributed by atoms with Crippen LogP contribution in [0, 0.1) is 0 Å². The summed E-state index contributed by atoms with van der Waals surface area (Å²) < 4.78 is 0. The monoisotopic (exact) mass is 642 g/mol. The van der Waals surface area contributed by atoms with Crippen LogP contribution < -0.4 is 5.32 Å². The Kier molecular flexibility index (Phi) is 36.0. The Bertz CT molecular complexity index is 782. The van der Waals surface area contributed by atoms with Crippen LogP contribution in [-0.2, 0) is 4.79 Å². The second-order valence-corrected chi connectivity index (χ2v) is 13.0. The van der Waals surface area contributed by atoms with Gasteiger partial charge in [-0.15, -0.1) is 0 Å². The lowest BCUT2D eigenvalue weighted by atomic mass is 10.0. The van der Waals surface area contributed by atoms with Gasteiger partial charge in [-0.25, -0.2) is 0 Å². The summed E-state index contributed by atoms with van der Waals surface area (Å²) in [6, 6.07) is -0.618. The summed E-state index contributed by atoms with van der Waals surface area (Å²) in [5.74, 6) is -0.0739. The van der Waals surface area contributed by atoms with Gasteiger partial charge in [0.1, 0.15) is 0 Å². The van der Waals surface area contributed by atoms with E-state index in [-0.39, 0.29) is 12.5 Å². The van der Waals surface area contributed by atoms with Crippen molar-refractivity contribution in [3.05, 3.63) is 60.8 Å². The van der Waals surface area contributed by atoms with Crippen LogP contribution in [0.2, 0.25) is 0 Å². The van der Waals surface area contributed by atoms with Crippen LogP contribution in [0.1, 0.15) is 181 Å². The van der Waals surface area contributed by atoms with E-state index in [1.54, 1.807) is 6.08 Å². The minimum absolute atomic E-state index is 0.0739. The normalized spacial score (nSPS) is 13.7. The fourth-order valence-corrected chi connectivity index (χ4v) is 5.52. The summed E-state index contributed by atoms with van der Waals surface area (Å²) >= 11 is 0. The van der Waals surface area contributed by atoms with Crippen molar-refractivity contribution < 1.29 is 15.0 Å². The molecule has 0 aromatic rings. The van der Waals surface area contributed by atoms with Crippen molar-refractivity contribution in [3.8, 4) is 0 Å². The van der Waals surface area contributed by atoms with E-state index in [1.807, 2.05) is 6.08 Å². The SMILES string of the molecule is CC/C=C\C/C=C\C/C=C\C/C=C\CCCCCCCCCCCCCCCCCCC(=O)NC(CO)C(O)/C=C/CCCCC. The second-order valence-electron chi connectivity index (χ2n) is 13.0. The van der Waals surface area contributed by atoms with Gasteiger partial charge in [-0.3, -0.25) is 4.79 Å². The molecule has 0 saturated carbocycles. The topological polar surface area (TPSA) is 69.6 Å². The summed E-state index contributed by atoms with van der Waals surface area (Å²) in [5.41, 5.74) is 0. The van der Waals surface area contributed by atoms with E-state index in [4.69, 9.17) is 0 Å². The van der Waals surface area contributed by atoms with Gasteiger partial charge in [0.2, 0.25) is 5.91 Å². The van der Waals surface area contributed by atoms with Crippen molar-refractivity contribution >= 4 is 5.91 Å². The van der Waals surface area contributed by atoms with Crippen LogP contribution in [0.3, 0.4) is 0 Å². The van der Waals surface area contributed by atoms with Gasteiger partial charge in [0.25, 0.3) is 0 Å². The maximum Gasteiger partial charge on any atom is 0.220 e. The van der Waals surface area contributed by atoms with Crippen molar-refractivity contribution in [1.82, 2.24) is 5.32 Å². The number of nitrogens with one attached hydrogen (secondary N) is 1. The molecule has 2 unspecified atom stereocenters. The van der Waals surface area contributed by atoms with Gasteiger partial charge in [-0.1, -0.05) is 177 Å². The molecule has 4 heteroatoms. The zero-order valence-corrected chi connectivity index (χ0v) is 30.3. The molecule has 0 spiro atoms. The highest BCUT2D eigenvalue weighted by Crippen LogP contribution is 2.15. The lowest BCUT2D eigenvalue weighted by molar-refractivity contribution is -0.123. The van der Waals surface area contributed by atoms with Gasteiger partial charge in [0.05, 0.1) is 18.8 Å². The number of aliphatic hydroxyl groups is 2. The molecule has 0 saturated heterocycles. The molecule has 266 valence electrons. The highest BCUT2D eigenvalue weighted by atomic mass is 16.3. The summed E-state index contributed by atoms with van der Waals surface area (Å²) in [6.07, 6.45) is 52.1. The zero-order valence-electron chi connectivity index (χ0n) is 30.3. The van der Waals surface area contributed by atoms with Gasteiger partial charge in [0, 0.05) is 6.42 Å². The van der Waals surface area contributed by atoms with E-state index in [2.05, 4.69) is 67.8 Å². The Morgan fingerprint density at radius 2 is 0.957 bits per heavy atom. The molecule has 2 atom stereocenters. The first-order valence-electron chi connectivity index (χ1n) is 19.5. The molecule has 0 aromatic heterocycles. The molecule has 0 bridgehead atoms. The molecular weight excluding hydrogens is 566 g/mol. The average Bonchev–Trinajstić information content (AvgIpc) is 3.06. The molecule has 3 N–H and O–H groups in total. The first kappa shape index (κ1) is 44.1. The third kappa shape index (κ3) is 33.5. The Hall–Kier alpha value is -1.91. The van der Waals surface area contributed by atoms with Gasteiger partial charge in [-0.05, 0) is 57.8 Å². The molecule has 4 nitrogen and oxygen atoms in total. The van der Waals surface area contributed by atoms with Crippen molar-refractivity contribution in [3.63, 3.8) is 0 Å². The number of aliphatic hydroxyl groups excluding tert-OH is 2. The van der Waals surface area contributed by atoms with Crippen LogP contribution in [0.4, 0.5) is 0 Å². The summed E-state index contributed by atoms with van der Waals surface area (Å²) in [7, 11) is 0. The fourth-order valence-electron chi connectivity index (χ4n) is 5.52. The van der Waals surface area contributed by atoms with E-state index in [0.29, 0.717) is 6.42 Å². The Labute approximate surface area is 286 Å². The predicted octanol–water partition coefficient (Wildman–Crippen LogP) is 11.8. The number of carbonyl (C=O) groups excluding carboxylic acids is 1. The molecule has 0 rings (SSSR count). The van der Waals surface area contributed by atoms with E-state index in [1.165, 1.54) is 109 Å². The first-order chi connectivity index (χ1) is 22.7. The smallest absolute Gasteiger partial charge is 0.220 e. The largest absolute Gasteiger partial charge is 0.394 e. The standard InChI is InChI=1S/C42H75NO3/c1-3-5-7-9-10-11-12-13-14-15-16-17-18-19-20-21-22-23-24-25-26-27-28-29-30-31-32-34-36-38-42(46)43-40(39-44)41(45)37-35-33-8-6-4-2/h5,7,10-11,13-14,16-17,35,37,40-41,44-45H,3-4,6,8-9,12,15,18-34,36,38-39H2,1-2H3,(H,43,46)/b7-5-,11-10-,14-13-,17-16-,37-35+. The first-order valence-corrected chi connectivity index (χ1v) is 19.5. The fraction of sp³-hybridized carbons (Fsp3) is 0.738. The van der Waals surface area contributed by atoms with Gasteiger partial charge >= 0.3 is 0 Å². The molecule has 0 radical (unpaired) electrons. The molecule has 0 aliphatic rings. The number of unbranched alkanes of at least 4 members (excludes halogenated alkanes) is 19. The van der Waals surface area contributed by atoms with Crippen LogP contribution in [0.25, 0.3) is 0 Å². The minimum atomic E-state index is -0.835. The van der Waals surface area contributed by atoms with Crippen molar-refractivity contribution in [2.75, 3.05) is 6.61 Å². The molecule has 0 aromatic carbocycles. The molecule has 46 heavy (non-hydrogen) atoms. The van der Waals surface area contributed by atoms with Crippen LogP contribution >= 0.6 is 0 Å². The highest BCUT2D eigenvalue weighted by Gasteiger charge is 2.17. The molecule has 0 aliphatic carbocycles. The second kappa shape index (κ2) is 37.5. The van der Waals surface area contributed by atoms with E-state index < -0.39 is 12.1 Å². The third-order valence-corrected chi connectivity index (χ3v) is 8.51. The maximum atomic E-state index is 12.2. The summed E-state index contributed by atoms with van der Waals surface area (Å²) in [5, 5.41) is 22.6. The Morgan fingerprint density at radius 1 is 0.543 bits per heavy atom. The van der Waals surface area contributed by atoms with Crippen molar-refractivity contribution in [2.45, 2.75) is 193 Å². The van der Waals surface area contributed by atoms with Crippen LogP contribution in [0.15, 0.2) is 60.8 Å². The Morgan fingerprint density at radius 3 is 1.43 bits per heavy atom. The molecule has 0 aliphatic heterocycles. The number of hydrogen-bond donors (Lipinski definition) is 3. The minimum Gasteiger partial charge on any atom is -0.394 e. The molecular formula is C42H75NO3. The molecule has 0 heterocycles. The zero-order chi connectivity index (χ0) is 33.6. The number of carbonyl (C=O) groups is 1. The summed E-state index contributed by atoms with van der Waals surface area (Å²) in [4.78, 5) is 12.2. The van der Waals surface area contributed by atoms with E-state index >= 15 is 0 Å². The molecule has 1 amide bonds. The maximum absolute atomic E-state index is 12.2. The van der Waals surface area contributed by atoms with Gasteiger partial charge in [-0.2, -0.15) is 0 Å². The highest BCUT2D eigenvalue weighted by molar-refractivity contribution is 5.76. The van der Waals surface area contributed by atoms with E-state index in [0.717, 1.165) is 51.4 Å². The lowest BCUT2D eigenvalue weighted by Gasteiger charge is -2.20. The third-order valence-electron chi connectivity index (χ3n) is 8.51. The van der Waals surface area contributed by atoms with Crippen molar-refractivity contribution in [2.24, 2.45) is 0 Å². The molecule has 0 fully saturated rings. The van der Waals surface area contributed by atoms with Crippen molar-refractivity contribution in [1.29, 1.82) is 0 Å². The average molecular weight is 642 g/mol. The van der Waals surface area contributed by atoms with Gasteiger partial charge < -0.3 is 15.5 Å². The number of hydrogen-bond acceptors (Lipinski definition) is 3. The quantitative estimate of drug-likeness (QED) is 0.0483. The predicted molar refractivity (Wildman–Crippen MR) is 202 cm³/mol. The van der Waals surface area contributed by atoms with Crippen LogP contribution in [-0.4, -0.2) is 34.9 Å². The number of amides is 1. The Balaban J connectivity index is 3.43. The van der Waals surface area contributed by atoms with Crippen LogP contribution in [0.5, 0.6) is 0 Å². The number of rotatable bonds is 34. The lowest BCUT2D eigenvalue weighted by Crippen LogP contribution is -2.45. The summed E-state index contributed by atoms with van der Waals surface area (Å²) in [6.45, 7) is 4.08.